The molecular weight excluding hydrogens is 264 g/mol. The van der Waals surface area contributed by atoms with Gasteiger partial charge in [0.25, 0.3) is 0 Å². The third-order valence-electron chi connectivity index (χ3n) is 3.38. The second-order valence-electron chi connectivity index (χ2n) is 5.00. The van der Waals surface area contributed by atoms with Crippen LogP contribution in [-0.2, 0) is 9.53 Å². The molecule has 5 heteroatoms. The van der Waals surface area contributed by atoms with Crippen LogP contribution in [0, 0.1) is 17.6 Å². The van der Waals surface area contributed by atoms with Gasteiger partial charge >= 0.3 is 0 Å². The Labute approximate surface area is 117 Å². The Bertz CT molecular complexity index is 475. The smallest absolute Gasteiger partial charge is 0.222 e. The summed E-state index contributed by atoms with van der Waals surface area (Å²) in [5, 5.41) is 2.80. The Kier molecular flexibility index (Phi) is 5.06. The van der Waals surface area contributed by atoms with Gasteiger partial charge < -0.3 is 10.1 Å². The average Bonchev–Trinajstić information content (AvgIpc) is 3.24. The highest BCUT2D eigenvalue weighted by atomic mass is 19.1. The zero-order valence-corrected chi connectivity index (χ0v) is 11.5. The SMILES string of the molecule is CCOCCC(=O)N[C@@H](c1cc(F)ccc1F)C1CC1. The molecule has 1 atom stereocenters. The number of carbonyl (C=O) groups excluding carboxylic acids is 1. The van der Waals surface area contributed by atoms with Gasteiger partial charge in [0.15, 0.2) is 0 Å². The highest BCUT2D eigenvalue weighted by Crippen LogP contribution is 2.41. The summed E-state index contributed by atoms with van der Waals surface area (Å²) in [5.41, 5.74) is 0.234. The molecule has 1 fully saturated rings. The predicted octanol–water partition coefficient (Wildman–Crippen LogP) is 2.96. The fraction of sp³-hybridized carbons (Fsp3) is 0.533. The van der Waals surface area contributed by atoms with E-state index in [2.05, 4.69) is 5.32 Å². The van der Waals surface area contributed by atoms with E-state index >= 15 is 0 Å². The van der Waals surface area contributed by atoms with Crippen LogP contribution in [0.25, 0.3) is 0 Å². The van der Waals surface area contributed by atoms with Gasteiger partial charge in [0, 0.05) is 18.6 Å². The summed E-state index contributed by atoms with van der Waals surface area (Å²) in [6, 6.07) is 2.91. The molecule has 0 radical (unpaired) electrons. The minimum atomic E-state index is -0.490. The van der Waals surface area contributed by atoms with Crippen LogP contribution in [0.3, 0.4) is 0 Å². The summed E-state index contributed by atoms with van der Waals surface area (Å²) in [7, 11) is 0. The van der Waals surface area contributed by atoms with Gasteiger partial charge in [0.1, 0.15) is 11.6 Å². The van der Waals surface area contributed by atoms with Crippen LogP contribution in [0.5, 0.6) is 0 Å². The zero-order chi connectivity index (χ0) is 14.5. The van der Waals surface area contributed by atoms with Gasteiger partial charge in [-0.15, -0.1) is 0 Å². The first kappa shape index (κ1) is 14.9. The average molecular weight is 283 g/mol. The zero-order valence-electron chi connectivity index (χ0n) is 11.5. The van der Waals surface area contributed by atoms with Gasteiger partial charge in [-0.2, -0.15) is 0 Å². The summed E-state index contributed by atoms with van der Waals surface area (Å²) in [5.74, 6) is -0.967. The van der Waals surface area contributed by atoms with E-state index in [4.69, 9.17) is 4.74 Å². The van der Waals surface area contributed by atoms with Crippen LogP contribution in [0.1, 0.15) is 37.8 Å². The van der Waals surface area contributed by atoms with E-state index in [1.807, 2.05) is 6.92 Å². The normalized spacial score (nSPS) is 15.9. The Balaban J connectivity index is 2.04. The van der Waals surface area contributed by atoms with Gasteiger partial charge in [0.2, 0.25) is 5.91 Å². The monoisotopic (exact) mass is 283 g/mol. The van der Waals surface area contributed by atoms with Crippen LogP contribution < -0.4 is 5.32 Å². The van der Waals surface area contributed by atoms with Crippen molar-refractivity contribution in [2.24, 2.45) is 5.92 Å². The first-order valence-corrected chi connectivity index (χ1v) is 6.94. The molecule has 0 saturated heterocycles. The summed E-state index contributed by atoms with van der Waals surface area (Å²) < 4.78 is 32.2. The molecule has 20 heavy (non-hydrogen) atoms. The lowest BCUT2D eigenvalue weighted by molar-refractivity contribution is -0.123. The number of benzene rings is 1. The van der Waals surface area contributed by atoms with Crippen LogP contribution >= 0.6 is 0 Å². The maximum Gasteiger partial charge on any atom is 0.222 e. The van der Waals surface area contributed by atoms with E-state index in [9.17, 15) is 13.6 Å². The van der Waals surface area contributed by atoms with E-state index in [0.29, 0.717) is 13.2 Å². The van der Waals surface area contributed by atoms with Gasteiger partial charge in [-0.1, -0.05) is 0 Å². The van der Waals surface area contributed by atoms with E-state index in [1.54, 1.807) is 0 Å². The quantitative estimate of drug-likeness (QED) is 0.781. The lowest BCUT2D eigenvalue weighted by Crippen LogP contribution is -2.31. The molecule has 1 amide bonds. The fourth-order valence-electron chi connectivity index (χ4n) is 2.19. The third-order valence-corrected chi connectivity index (χ3v) is 3.38. The first-order chi connectivity index (χ1) is 9.61. The topological polar surface area (TPSA) is 38.3 Å². The largest absolute Gasteiger partial charge is 0.381 e. The molecule has 0 aliphatic heterocycles. The highest BCUT2D eigenvalue weighted by Gasteiger charge is 2.35. The summed E-state index contributed by atoms with van der Waals surface area (Å²) in [6.07, 6.45) is 2.08. The molecule has 0 spiro atoms. The minimum Gasteiger partial charge on any atom is -0.381 e. The van der Waals surface area contributed by atoms with Crippen molar-refractivity contribution >= 4 is 5.91 Å². The number of ether oxygens (including phenoxy) is 1. The lowest BCUT2D eigenvalue weighted by Gasteiger charge is -2.19. The van der Waals surface area contributed by atoms with E-state index < -0.39 is 17.7 Å². The maximum absolute atomic E-state index is 13.8. The molecule has 0 heterocycles. The van der Waals surface area contributed by atoms with E-state index in [0.717, 1.165) is 25.0 Å². The third kappa shape index (κ3) is 4.00. The molecule has 0 bridgehead atoms. The number of hydrogen-bond donors (Lipinski definition) is 1. The molecule has 110 valence electrons. The number of hydrogen-bond acceptors (Lipinski definition) is 2. The molecule has 1 saturated carbocycles. The van der Waals surface area contributed by atoms with Crippen LogP contribution in [0.4, 0.5) is 8.78 Å². The molecule has 1 aliphatic rings. The number of amides is 1. The Hall–Kier alpha value is -1.49. The summed E-state index contributed by atoms with van der Waals surface area (Å²) in [6.45, 7) is 2.75. The van der Waals surface area contributed by atoms with Crippen molar-refractivity contribution in [3.63, 3.8) is 0 Å². The van der Waals surface area contributed by atoms with Crippen molar-refractivity contribution in [2.45, 2.75) is 32.2 Å². The van der Waals surface area contributed by atoms with Crippen molar-refractivity contribution in [1.82, 2.24) is 5.32 Å². The van der Waals surface area contributed by atoms with Crippen LogP contribution in [0.2, 0.25) is 0 Å². The van der Waals surface area contributed by atoms with Crippen molar-refractivity contribution in [3.05, 3.63) is 35.4 Å². The summed E-state index contributed by atoms with van der Waals surface area (Å²) in [4.78, 5) is 11.8. The van der Waals surface area contributed by atoms with Crippen molar-refractivity contribution in [1.29, 1.82) is 0 Å². The van der Waals surface area contributed by atoms with Crippen LogP contribution in [-0.4, -0.2) is 19.1 Å². The molecule has 1 N–H and O–H groups in total. The predicted molar refractivity (Wildman–Crippen MR) is 71.1 cm³/mol. The Morgan fingerprint density at radius 2 is 2.20 bits per heavy atom. The number of rotatable bonds is 7. The second-order valence-corrected chi connectivity index (χ2v) is 5.00. The first-order valence-electron chi connectivity index (χ1n) is 6.94. The Morgan fingerprint density at radius 3 is 2.85 bits per heavy atom. The number of nitrogens with one attached hydrogen (secondary N) is 1. The summed E-state index contributed by atoms with van der Waals surface area (Å²) >= 11 is 0. The van der Waals surface area contributed by atoms with Crippen molar-refractivity contribution in [2.75, 3.05) is 13.2 Å². The molecule has 3 nitrogen and oxygen atoms in total. The second kappa shape index (κ2) is 6.79. The minimum absolute atomic E-state index is 0.195. The molecule has 1 aliphatic carbocycles. The van der Waals surface area contributed by atoms with Gasteiger partial charge in [-0.05, 0) is 43.9 Å². The highest BCUT2D eigenvalue weighted by molar-refractivity contribution is 5.76. The fourth-order valence-corrected chi connectivity index (χ4v) is 2.19. The van der Waals surface area contributed by atoms with Crippen molar-refractivity contribution < 1.29 is 18.3 Å². The van der Waals surface area contributed by atoms with Gasteiger partial charge in [0.05, 0.1) is 12.6 Å². The number of carbonyl (C=O) groups is 1. The Morgan fingerprint density at radius 1 is 1.45 bits per heavy atom. The standard InChI is InChI=1S/C15H19F2NO2/c1-2-20-8-7-14(19)18-15(10-3-4-10)12-9-11(16)5-6-13(12)17/h5-6,9-10,15H,2-4,7-8H2,1H3,(H,18,19)/t15-/m1/s1. The molecule has 1 aromatic carbocycles. The molecule has 0 aromatic heterocycles. The van der Waals surface area contributed by atoms with Gasteiger partial charge in [-0.3, -0.25) is 4.79 Å². The molecular formula is C15H19F2NO2. The van der Waals surface area contributed by atoms with Gasteiger partial charge in [-0.25, -0.2) is 8.78 Å². The van der Waals surface area contributed by atoms with Crippen LogP contribution in [0.15, 0.2) is 18.2 Å². The lowest BCUT2D eigenvalue weighted by atomic mass is 10.0. The molecule has 0 unspecified atom stereocenters. The molecule has 2 rings (SSSR count). The molecule has 1 aromatic rings. The number of halogens is 2. The maximum atomic E-state index is 13.8. The van der Waals surface area contributed by atoms with Crippen molar-refractivity contribution in [3.8, 4) is 0 Å². The van der Waals surface area contributed by atoms with E-state index in [-0.39, 0.29) is 23.8 Å². The van der Waals surface area contributed by atoms with E-state index in [1.165, 1.54) is 6.07 Å².